The van der Waals surface area contributed by atoms with Gasteiger partial charge in [0.05, 0.1) is 12.7 Å². The summed E-state index contributed by atoms with van der Waals surface area (Å²) < 4.78 is -0.551. The van der Waals surface area contributed by atoms with Crippen molar-refractivity contribution in [3.8, 4) is 0 Å². The fraction of sp³-hybridized carbons (Fsp3) is 0.535. The van der Waals surface area contributed by atoms with Crippen LogP contribution < -0.4 is 37.6 Å². The number of hydrogen-bond acceptors (Lipinski definition) is 11. The molecule has 5 rings (SSSR count). The van der Waals surface area contributed by atoms with Gasteiger partial charge in [0.2, 0.25) is 35.4 Å². The van der Waals surface area contributed by atoms with Crippen LogP contribution in [0.2, 0.25) is 0 Å². The van der Waals surface area contributed by atoms with Crippen molar-refractivity contribution in [2.45, 2.75) is 119 Å². The minimum absolute atomic E-state index is 0.0279. The zero-order valence-corrected chi connectivity index (χ0v) is 36.2. The number of H-pyrrole nitrogens is 1. The number of nitrogens with one attached hydrogen (secondary N) is 7. The van der Waals surface area contributed by atoms with Crippen LogP contribution in [0.25, 0.3) is 10.9 Å². The van der Waals surface area contributed by atoms with E-state index in [1.165, 1.54) is 28.5 Å². The van der Waals surface area contributed by atoms with E-state index in [-0.39, 0.29) is 50.5 Å². The van der Waals surface area contributed by atoms with Crippen molar-refractivity contribution < 1.29 is 39.0 Å². The Kier molecular flexibility index (Phi) is 18.3. The molecule has 3 aromatic rings. The van der Waals surface area contributed by atoms with Crippen molar-refractivity contribution in [2.24, 2.45) is 5.73 Å². The summed E-state index contributed by atoms with van der Waals surface area (Å²) in [6, 6.07) is 10.6. The number of aromatic amines is 1. The summed E-state index contributed by atoms with van der Waals surface area (Å²) in [5.41, 5.74) is 8.13. The number of carbonyl (C=O) groups is 6. The molecule has 6 amide bonds. The summed E-state index contributed by atoms with van der Waals surface area (Å²) in [7, 11) is 2.78. The van der Waals surface area contributed by atoms with E-state index in [4.69, 9.17) is 5.73 Å². The first-order valence-electron chi connectivity index (χ1n) is 21.1. The zero-order chi connectivity index (χ0) is 43.8. The summed E-state index contributed by atoms with van der Waals surface area (Å²) in [6.45, 7) is 1.26. The standard InChI is InChI=1S/C43H60N8O8S2/c1-27(53)37-42(59)50-35(38(55)45-20-21-52)26-60-61-43(17-9-3-10-18-43)24-36(54)47-33(22-28-12-4-2-5-13-28)40(57)49-34(23-29-25-46-31-15-7-6-14-30(29)31)41(58)48-32(39(56)51-37)16-8-11-19-44/h2,4-7,12-15,25,27,32-35,37,46,52-53H,3,8-11,16-24,26,44H2,1H3,(H,45,55)(H,47,54)(H,48,58)(H,49,57)(H,50,59)(H,51,56)/t27-,32+,33+,34?,35?,37+/m0/s1. The lowest BCUT2D eigenvalue weighted by atomic mass is 9.85. The number of aliphatic hydroxyl groups is 2. The van der Waals surface area contributed by atoms with Crippen molar-refractivity contribution in [2.75, 3.05) is 25.4 Å². The smallest absolute Gasteiger partial charge is 0.245 e. The van der Waals surface area contributed by atoms with E-state index in [0.717, 1.165) is 41.3 Å². The maximum Gasteiger partial charge on any atom is 0.245 e. The molecule has 0 bridgehead atoms. The fourth-order valence-electron chi connectivity index (χ4n) is 7.75. The third-order valence-electron chi connectivity index (χ3n) is 11.1. The maximum absolute atomic E-state index is 14.5. The van der Waals surface area contributed by atoms with Crippen LogP contribution in [0.4, 0.5) is 0 Å². The SMILES string of the molecule is C[C@H](O)[C@H]1NC(=O)[C@@H](CCCCN)NC(=O)C(Cc2c[nH]c3ccccc23)NC(=O)[C@@H](Cc2ccccc2)NC(=O)CC2(CCCCC2)SSCC(C(=O)NCCO)NC1=O. The molecule has 0 radical (unpaired) electrons. The Balaban J connectivity index is 1.54. The highest BCUT2D eigenvalue weighted by atomic mass is 33.1. The van der Waals surface area contributed by atoms with Gasteiger partial charge in [0.15, 0.2) is 0 Å². The lowest BCUT2D eigenvalue weighted by molar-refractivity contribution is -0.136. The third kappa shape index (κ3) is 13.9. The molecule has 1 saturated carbocycles. The number of rotatable bonds is 12. The number of aromatic nitrogens is 1. The van der Waals surface area contributed by atoms with Crippen LogP contribution in [0.1, 0.15) is 75.8 Å². The lowest BCUT2D eigenvalue weighted by Gasteiger charge is -2.36. The number of para-hydroxylation sites is 1. The van der Waals surface area contributed by atoms with Crippen LogP contribution in [0.5, 0.6) is 0 Å². The summed E-state index contributed by atoms with van der Waals surface area (Å²) >= 11 is 0. The van der Waals surface area contributed by atoms with Crippen LogP contribution in [0, 0.1) is 0 Å². The predicted molar refractivity (Wildman–Crippen MR) is 237 cm³/mol. The van der Waals surface area contributed by atoms with Gasteiger partial charge in [-0.05, 0) is 62.8 Å². The molecular weight excluding hydrogens is 821 g/mol. The van der Waals surface area contributed by atoms with Gasteiger partial charge in [-0.2, -0.15) is 0 Å². The first-order chi connectivity index (χ1) is 29.4. The second kappa shape index (κ2) is 23.6. The van der Waals surface area contributed by atoms with Crippen molar-refractivity contribution in [1.29, 1.82) is 0 Å². The molecule has 11 N–H and O–H groups in total. The Morgan fingerprint density at radius 1 is 0.836 bits per heavy atom. The second-order valence-electron chi connectivity index (χ2n) is 15.9. The number of amides is 6. The van der Waals surface area contributed by atoms with E-state index in [0.29, 0.717) is 32.2 Å². The Morgan fingerprint density at radius 3 is 2.21 bits per heavy atom. The van der Waals surface area contributed by atoms with Crippen molar-refractivity contribution in [3.05, 3.63) is 71.9 Å². The average Bonchev–Trinajstić information content (AvgIpc) is 3.66. The molecule has 2 fully saturated rings. The molecule has 16 nitrogen and oxygen atoms in total. The second-order valence-corrected chi connectivity index (χ2v) is 18.7. The average molecular weight is 881 g/mol. The Bertz CT molecular complexity index is 1940. The predicted octanol–water partition coefficient (Wildman–Crippen LogP) is 1.48. The molecule has 18 heteroatoms. The molecule has 2 unspecified atom stereocenters. The van der Waals surface area contributed by atoms with Gasteiger partial charge in [-0.25, -0.2) is 0 Å². The van der Waals surface area contributed by atoms with E-state index < -0.39 is 70.6 Å². The molecule has 1 saturated heterocycles. The van der Waals surface area contributed by atoms with Gasteiger partial charge >= 0.3 is 0 Å². The van der Waals surface area contributed by atoms with Gasteiger partial charge < -0.3 is 52.8 Å². The minimum Gasteiger partial charge on any atom is -0.395 e. The third-order valence-corrected chi connectivity index (χ3v) is 14.4. The van der Waals surface area contributed by atoms with E-state index in [9.17, 15) is 39.0 Å². The molecular formula is C43H60N8O8S2. The number of hydrogen-bond donors (Lipinski definition) is 10. The molecule has 2 heterocycles. The van der Waals surface area contributed by atoms with Crippen LogP contribution in [-0.4, -0.2) is 117 Å². The topological polar surface area (TPSA) is 257 Å². The largest absolute Gasteiger partial charge is 0.395 e. The Hall–Kier alpha value is -4.62. The summed E-state index contributed by atoms with van der Waals surface area (Å²) in [5, 5.41) is 37.7. The van der Waals surface area contributed by atoms with Gasteiger partial charge in [-0.1, -0.05) is 89.4 Å². The van der Waals surface area contributed by atoms with Gasteiger partial charge in [0, 0.05) is 53.4 Å². The van der Waals surface area contributed by atoms with Gasteiger partial charge in [-0.3, -0.25) is 28.8 Å². The molecule has 1 aliphatic carbocycles. The van der Waals surface area contributed by atoms with Crippen LogP contribution in [0.3, 0.4) is 0 Å². The van der Waals surface area contributed by atoms with Gasteiger partial charge in [0.1, 0.15) is 30.2 Å². The van der Waals surface area contributed by atoms with E-state index in [2.05, 4.69) is 36.9 Å². The summed E-state index contributed by atoms with van der Waals surface area (Å²) in [4.78, 5) is 87.6. The lowest BCUT2D eigenvalue weighted by Crippen LogP contribution is -2.61. The molecule has 332 valence electrons. The quantitative estimate of drug-likeness (QED) is 0.0921. The summed E-state index contributed by atoms with van der Waals surface area (Å²) in [6.07, 6.45) is 5.82. The maximum atomic E-state index is 14.5. The van der Waals surface area contributed by atoms with E-state index >= 15 is 0 Å². The van der Waals surface area contributed by atoms with Gasteiger partial charge in [0.25, 0.3) is 0 Å². The van der Waals surface area contributed by atoms with Crippen molar-refractivity contribution in [1.82, 2.24) is 36.9 Å². The highest BCUT2D eigenvalue weighted by Crippen LogP contribution is 2.48. The number of unbranched alkanes of at least 4 members (excludes halogenated alkanes) is 1. The number of nitrogens with two attached hydrogens (primary N) is 1. The minimum atomic E-state index is -1.52. The normalized spacial score (nSPS) is 24.1. The highest BCUT2D eigenvalue weighted by molar-refractivity contribution is 8.77. The van der Waals surface area contributed by atoms with Gasteiger partial charge in [-0.15, -0.1) is 0 Å². The van der Waals surface area contributed by atoms with Crippen molar-refractivity contribution >= 4 is 67.9 Å². The van der Waals surface area contributed by atoms with Crippen molar-refractivity contribution in [3.63, 3.8) is 0 Å². The first-order valence-corrected chi connectivity index (χ1v) is 23.4. The molecule has 1 spiro atoms. The van der Waals surface area contributed by atoms with Crippen LogP contribution in [-0.2, 0) is 41.6 Å². The summed E-state index contributed by atoms with van der Waals surface area (Å²) in [5.74, 6) is -3.73. The van der Waals surface area contributed by atoms with E-state index in [1.807, 2.05) is 54.6 Å². The molecule has 2 aromatic carbocycles. The van der Waals surface area contributed by atoms with E-state index in [1.54, 1.807) is 6.20 Å². The molecule has 2 aliphatic rings. The number of aliphatic hydroxyl groups excluding tert-OH is 2. The Labute approximate surface area is 364 Å². The molecule has 6 atom stereocenters. The van der Waals surface area contributed by atoms with Crippen LogP contribution in [0.15, 0.2) is 60.8 Å². The first kappa shape index (κ1) is 47.4. The number of carbonyl (C=O) groups excluding carboxylic acids is 6. The molecule has 1 aliphatic heterocycles. The highest BCUT2D eigenvalue weighted by Gasteiger charge is 2.39. The molecule has 1 aromatic heterocycles. The molecule has 61 heavy (non-hydrogen) atoms. The Morgan fingerprint density at radius 2 is 1.51 bits per heavy atom. The fourth-order valence-corrected chi connectivity index (χ4v) is 11.1. The number of fused-ring (bicyclic) bond motifs is 1. The van der Waals surface area contributed by atoms with Crippen LogP contribution >= 0.6 is 21.6 Å². The monoisotopic (exact) mass is 880 g/mol. The zero-order valence-electron chi connectivity index (χ0n) is 34.6. The number of benzene rings is 2.